The zero-order valence-electron chi connectivity index (χ0n) is 28.9. The van der Waals surface area contributed by atoms with E-state index in [2.05, 4.69) is 43.0 Å². The average Bonchev–Trinajstić information content (AvgIpc) is 3.06. The van der Waals surface area contributed by atoms with Gasteiger partial charge in [0.05, 0.1) is 28.7 Å². The number of halogens is 2. The lowest BCUT2D eigenvalue weighted by atomic mass is 9.77. The molecule has 4 aromatic rings. The highest BCUT2D eigenvalue weighted by molar-refractivity contribution is 6.39. The number of hydrogen-bond acceptors (Lipinski definition) is 5. The van der Waals surface area contributed by atoms with Gasteiger partial charge in [0.1, 0.15) is 5.78 Å². The smallest absolute Gasteiger partial charge is 0.305 e. The molecular weight excluding hydrogens is 669 g/mol. The standard InChI is InChI=1S/C42H45Cl2NO5/c1-24(46)18-31(48)22-45-17-16-29-13-15-33(26(3)39(29)23-45)35-7-5-9-37(42(35)44)36-8-4-6-34(41(36)43)32-14-12-28-11-10-27(20-38(28)25(32)2)19-30(47)21-40(49)50/h4-9,12-15,27,30-31,47-48H,10-11,16-23H2,1-3H3,(H,49,50)/t27?,30-,31+/m1/s1. The molecule has 0 amide bonds. The van der Waals surface area contributed by atoms with Crippen molar-refractivity contribution in [2.75, 3.05) is 13.1 Å². The second-order valence-electron chi connectivity index (χ2n) is 14.2. The molecule has 0 spiro atoms. The van der Waals surface area contributed by atoms with Crippen LogP contribution in [0.2, 0.25) is 10.0 Å². The summed E-state index contributed by atoms with van der Waals surface area (Å²) in [6.07, 6.45) is 2.42. The van der Waals surface area contributed by atoms with E-state index in [1.54, 1.807) is 0 Å². The van der Waals surface area contributed by atoms with Gasteiger partial charge < -0.3 is 15.3 Å². The number of carboxylic acids is 1. The van der Waals surface area contributed by atoms with Gasteiger partial charge in [-0.05, 0) is 103 Å². The van der Waals surface area contributed by atoms with Gasteiger partial charge in [-0.25, -0.2) is 0 Å². The van der Waals surface area contributed by atoms with Gasteiger partial charge in [0.2, 0.25) is 0 Å². The molecule has 6 nitrogen and oxygen atoms in total. The number of aliphatic hydroxyl groups is 2. The molecule has 0 radical (unpaired) electrons. The van der Waals surface area contributed by atoms with Gasteiger partial charge in [0, 0.05) is 48.3 Å². The van der Waals surface area contributed by atoms with E-state index in [1.165, 1.54) is 29.2 Å². The molecule has 1 aliphatic carbocycles. The minimum Gasteiger partial charge on any atom is -0.481 e. The molecule has 0 aromatic heterocycles. The summed E-state index contributed by atoms with van der Waals surface area (Å²) in [5, 5.41) is 31.1. The maximum absolute atomic E-state index is 11.5. The molecule has 3 atom stereocenters. The number of nitrogens with zero attached hydrogens (tertiary/aromatic N) is 1. The van der Waals surface area contributed by atoms with Gasteiger partial charge in [-0.3, -0.25) is 14.5 Å². The van der Waals surface area contributed by atoms with Crippen molar-refractivity contribution in [2.24, 2.45) is 5.92 Å². The molecule has 1 heterocycles. The number of aryl methyl sites for hydroxylation is 1. The van der Waals surface area contributed by atoms with Crippen LogP contribution in [0, 0.1) is 19.8 Å². The van der Waals surface area contributed by atoms with E-state index in [-0.39, 0.29) is 24.5 Å². The second kappa shape index (κ2) is 15.4. The van der Waals surface area contributed by atoms with Crippen molar-refractivity contribution in [2.45, 2.75) is 84.5 Å². The highest BCUT2D eigenvalue weighted by atomic mass is 35.5. The predicted octanol–water partition coefficient (Wildman–Crippen LogP) is 8.64. The van der Waals surface area contributed by atoms with Gasteiger partial charge in [-0.15, -0.1) is 0 Å². The average molecular weight is 715 g/mol. The lowest BCUT2D eigenvalue weighted by Crippen LogP contribution is -2.37. The Morgan fingerprint density at radius 3 is 1.86 bits per heavy atom. The molecule has 262 valence electrons. The minimum atomic E-state index is -0.975. The molecule has 6 rings (SSSR count). The number of carbonyl (C=O) groups is 2. The summed E-state index contributed by atoms with van der Waals surface area (Å²) in [6.45, 7) is 7.79. The van der Waals surface area contributed by atoms with Crippen molar-refractivity contribution in [1.29, 1.82) is 0 Å². The zero-order chi connectivity index (χ0) is 35.7. The molecule has 0 bridgehead atoms. The Labute approximate surface area is 304 Å². The molecule has 0 fully saturated rings. The Kier molecular flexibility index (Phi) is 11.2. The summed E-state index contributed by atoms with van der Waals surface area (Å²) in [4.78, 5) is 24.9. The van der Waals surface area contributed by atoms with E-state index in [4.69, 9.17) is 28.3 Å². The van der Waals surface area contributed by atoms with Gasteiger partial charge in [0.25, 0.3) is 0 Å². The number of Topliss-reactive ketones (excluding diaryl/α,β-unsaturated/α-hetero) is 1. The molecule has 3 N–H and O–H groups in total. The van der Waals surface area contributed by atoms with Crippen LogP contribution in [0.5, 0.6) is 0 Å². The zero-order valence-corrected chi connectivity index (χ0v) is 30.4. The third kappa shape index (κ3) is 7.70. The Balaban J connectivity index is 1.30. The summed E-state index contributed by atoms with van der Waals surface area (Å²) in [6, 6.07) is 20.8. The van der Waals surface area contributed by atoms with E-state index in [9.17, 15) is 19.8 Å². The topological polar surface area (TPSA) is 98.1 Å². The lowest BCUT2D eigenvalue weighted by molar-refractivity contribution is -0.139. The SMILES string of the molecule is CC(=O)C[C@H](O)CN1CCc2ccc(-c3cccc(-c4cccc(-c5ccc6c(c5C)CC(C[C@@H](O)CC(=O)O)CC6)c4Cl)c3Cl)c(C)c2C1. The van der Waals surface area contributed by atoms with E-state index in [0.29, 0.717) is 29.6 Å². The first kappa shape index (κ1) is 36.3. The monoisotopic (exact) mass is 713 g/mol. The van der Waals surface area contributed by atoms with Crippen LogP contribution in [-0.4, -0.2) is 57.3 Å². The van der Waals surface area contributed by atoms with Crippen molar-refractivity contribution in [3.8, 4) is 33.4 Å². The molecule has 50 heavy (non-hydrogen) atoms. The highest BCUT2D eigenvalue weighted by Crippen LogP contribution is 2.45. The summed E-state index contributed by atoms with van der Waals surface area (Å²) in [5.41, 5.74) is 13.1. The van der Waals surface area contributed by atoms with Crippen LogP contribution in [0.3, 0.4) is 0 Å². The van der Waals surface area contributed by atoms with Crippen LogP contribution in [0.25, 0.3) is 33.4 Å². The van der Waals surface area contributed by atoms with E-state index >= 15 is 0 Å². The summed E-state index contributed by atoms with van der Waals surface area (Å²) < 4.78 is 0. The van der Waals surface area contributed by atoms with Gasteiger partial charge >= 0.3 is 5.97 Å². The molecule has 4 aromatic carbocycles. The van der Waals surface area contributed by atoms with Crippen LogP contribution in [-0.2, 0) is 35.4 Å². The Bertz CT molecular complexity index is 1800. The fraction of sp³-hybridized carbons (Fsp3) is 0.381. The number of aliphatic hydroxyl groups excluding tert-OH is 2. The summed E-state index contributed by atoms with van der Waals surface area (Å²) >= 11 is 14.5. The number of carbonyl (C=O) groups excluding carboxylic acids is 1. The first-order valence-corrected chi connectivity index (χ1v) is 18.3. The minimum absolute atomic E-state index is 0.00671. The Hall–Kier alpha value is -3.52. The number of hydrogen-bond donors (Lipinski definition) is 3. The quantitative estimate of drug-likeness (QED) is 0.144. The lowest BCUT2D eigenvalue weighted by Gasteiger charge is -2.32. The number of aliphatic carboxylic acids is 1. The third-order valence-corrected chi connectivity index (χ3v) is 11.5. The molecule has 1 aliphatic heterocycles. The highest BCUT2D eigenvalue weighted by Gasteiger charge is 2.26. The Morgan fingerprint density at radius 1 is 0.760 bits per heavy atom. The van der Waals surface area contributed by atoms with Crippen LogP contribution in [0.15, 0.2) is 60.7 Å². The summed E-state index contributed by atoms with van der Waals surface area (Å²) in [5.74, 6) is -0.757. The molecule has 2 aliphatic rings. The van der Waals surface area contributed by atoms with Crippen LogP contribution >= 0.6 is 23.2 Å². The van der Waals surface area contributed by atoms with Gasteiger partial charge in [-0.1, -0.05) is 83.9 Å². The predicted molar refractivity (Wildman–Crippen MR) is 201 cm³/mol. The maximum Gasteiger partial charge on any atom is 0.305 e. The van der Waals surface area contributed by atoms with Crippen LogP contribution in [0.4, 0.5) is 0 Å². The van der Waals surface area contributed by atoms with Crippen molar-refractivity contribution in [3.63, 3.8) is 0 Å². The van der Waals surface area contributed by atoms with Crippen molar-refractivity contribution < 1.29 is 24.9 Å². The fourth-order valence-electron chi connectivity index (χ4n) is 8.13. The number of rotatable bonds is 11. The first-order valence-electron chi connectivity index (χ1n) is 17.5. The van der Waals surface area contributed by atoms with Crippen molar-refractivity contribution in [1.82, 2.24) is 4.90 Å². The Morgan fingerprint density at radius 2 is 1.30 bits per heavy atom. The van der Waals surface area contributed by atoms with Gasteiger partial charge in [-0.2, -0.15) is 0 Å². The fourth-order valence-corrected chi connectivity index (χ4v) is 8.79. The third-order valence-electron chi connectivity index (χ3n) is 10.7. The molecule has 0 saturated heterocycles. The molecule has 0 saturated carbocycles. The largest absolute Gasteiger partial charge is 0.481 e. The van der Waals surface area contributed by atoms with Gasteiger partial charge in [0.15, 0.2) is 0 Å². The first-order chi connectivity index (χ1) is 23.9. The van der Waals surface area contributed by atoms with Crippen LogP contribution < -0.4 is 0 Å². The number of ketones is 1. The molecule has 8 heteroatoms. The molecular formula is C42H45Cl2NO5. The maximum atomic E-state index is 11.5. The van der Waals surface area contributed by atoms with Crippen molar-refractivity contribution >= 4 is 35.0 Å². The summed E-state index contributed by atoms with van der Waals surface area (Å²) in [7, 11) is 0. The second-order valence-corrected chi connectivity index (χ2v) is 15.0. The van der Waals surface area contributed by atoms with Crippen LogP contribution in [0.1, 0.15) is 66.0 Å². The molecule has 1 unspecified atom stereocenters. The number of β-amino-alcohol motifs (C(OH)–C–C–N with tert-alkyl or cyclic N) is 1. The van der Waals surface area contributed by atoms with E-state index in [0.717, 1.165) is 76.7 Å². The van der Waals surface area contributed by atoms with E-state index in [1.807, 2.05) is 36.4 Å². The normalized spacial score (nSPS) is 17.1. The number of fused-ring (bicyclic) bond motifs is 2. The van der Waals surface area contributed by atoms with Crippen molar-refractivity contribution in [3.05, 3.63) is 104 Å². The number of benzene rings is 4. The van der Waals surface area contributed by atoms with E-state index < -0.39 is 18.2 Å². The number of carboxylic acid groups (broad SMARTS) is 1.